The van der Waals surface area contributed by atoms with E-state index >= 15 is 0 Å². The summed E-state index contributed by atoms with van der Waals surface area (Å²) >= 11 is 12.3. The topological polar surface area (TPSA) is 95.5 Å². The van der Waals surface area contributed by atoms with E-state index < -0.39 is 6.09 Å². The summed E-state index contributed by atoms with van der Waals surface area (Å²) in [5.41, 5.74) is 10.9. The third-order valence-corrected chi connectivity index (χ3v) is 7.35. The van der Waals surface area contributed by atoms with Crippen molar-refractivity contribution in [3.8, 4) is 11.5 Å². The molecule has 2 heterocycles. The molecule has 2 N–H and O–H groups in total. The van der Waals surface area contributed by atoms with Crippen LogP contribution in [0.15, 0.2) is 84.7 Å². The van der Waals surface area contributed by atoms with E-state index in [-0.39, 0.29) is 6.04 Å². The standard InChI is InChI=1S/C30H29Cl2N5O3/c1-20-26(27-19-23(32)7-12-28(27)33)13-16-37(30(38)40-25-10-5-22(31)6-11-25)29(20)21-3-8-24(9-4-21)39-18-2-15-36-17-14-34-35-36/h3-12,14,17,19,29H,2,13,15-16,18,33H2,1H3. The predicted molar refractivity (Wildman–Crippen MR) is 157 cm³/mol. The Morgan fingerprint density at radius 2 is 1.75 bits per heavy atom. The molecule has 0 radical (unpaired) electrons. The third-order valence-electron chi connectivity index (χ3n) is 6.86. The van der Waals surface area contributed by atoms with E-state index in [1.807, 2.05) is 49.5 Å². The molecule has 0 spiro atoms. The van der Waals surface area contributed by atoms with Crippen molar-refractivity contribution in [3.63, 3.8) is 0 Å². The van der Waals surface area contributed by atoms with Gasteiger partial charge in [0.2, 0.25) is 0 Å². The molecule has 10 heteroatoms. The van der Waals surface area contributed by atoms with Crippen LogP contribution >= 0.6 is 23.2 Å². The number of nitrogen functional groups attached to an aromatic ring is 1. The highest BCUT2D eigenvalue weighted by molar-refractivity contribution is 6.31. The smallest absolute Gasteiger partial charge is 0.416 e. The van der Waals surface area contributed by atoms with Crippen LogP contribution in [-0.2, 0) is 6.54 Å². The summed E-state index contributed by atoms with van der Waals surface area (Å²) < 4.78 is 13.4. The first-order chi connectivity index (χ1) is 19.4. The van der Waals surface area contributed by atoms with E-state index in [9.17, 15) is 4.79 Å². The second kappa shape index (κ2) is 12.4. The number of rotatable bonds is 8. The number of ether oxygens (including phenoxy) is 2. The highest BCUT2D eigenvalue weighted by Crippen LogP contribution is 2.42. The van der Waals surface area contributed by atoms with Crippen LogP contribution in [0.5, 0.6) is 11.5 Å². The van der Waals surface area contributed by atoms with Crippen LogP contribution in [0.25, 0.3) is 5.57 Å². The molecule has 8 nitrogen and oxygen atoms in total. The van der Waals surface area contributed by atoms with E-state index in [1.165, 1.54) is 0 Å². The number of halogens is 2. The largest absolute Gasteiger partial charge is 0.494 e. The number of aryl methyl sites for hydroxylation is 1. The molecule has 1 aliphatic heterocycles. The lowest BCUT2D eigenvalue weighted by Gasteiger charge is -2.38. The van der Waals surface area contributed by atoms with Crippen LogP contribution < -0.4 is 15.2 Å². The van der Waals surface area contributed by atoms with Gasteiger partial charge in [-0.05, 0) is 84.7 Å². The van der Waals surface area contributed by atoms with Crippen LogP contribution in [0, 0.1) is 0 Å². The van der Waals surface area contributed by atoms with Gasteiger partial charge in [0.25, 0.3) is 0 Å². The SMILES string of the molecule is CC1=C(c2cc(Cl)ccc2N)CCN(C(=O)Oc2ccc(Cl)cc2)C1c1ccc(OCCCn2ccnn2)cc1. The fourth-order valence-corrected chi connectivity index (χ4v) is 5.20. The van der Waals surface area contributed by atoms with Crippen LogP contribution in [0.3, 0.4) is 0 Å². The number of nitrogens with two attached hydrogens (primary N) is 1. The molecule has 40 heavy (non-hydrogen) atoms. The number of benzene rings is 3. The Morgan fingerprint density at radius 1 is 1.02 bits per heavy atom. The molecular formula is C30H29Cl2N5O3. The molecule has 3 aromatic carbocycles. The van der Waals surface area contributed by atoms with Gasteiger partial charge in [-0.1, -0.05) is 40.5 Å². The van der Waals surface area contributed by atoms with Crippen molar-refractivity contribution in [2.24, 2.45) is 0 Å². The summed E-state index contributed by atoms with van der Waals surface area (Å²) in [6, 6.07) is 19.6. The van der Waals surface area contributed by atoms with E-state index in [0.29, 0.717) is 41.1 Å². The molecule has 4 aromatic rings. The molecule has 0 saturated carbocycles. The lowest BCUT2D eigenvalue weighted by molar-refractivity contribution is 0.137. The molecule has 1 atom stereocenters. The van der Waals surface area contributed by atoms with Gasteiger partial charge in [-0.3, -0.25) is 9.58 Å². The van der Waals surface area contributed by atoms with Gasteiger partial charge in [-0.15, -0.1) is 5.10 Å². The van der Waals surface area contributed by atoms with Crippen molar-refractivity contribution < 1.29 is 14.3 Å². The first-order valence-electron chi connectivity index (χ1n) is 12.9. The summed E-state index contributed by atoms with van der Waals surface area (Å²) in [6.45, 7) is 3.73. The molecule has 0 saturated heterocycles. The maximum absolute atomic E-state index is 13.5. The monoisotopic (exact) mass is 577 g/mol. The van der Waals surface area contributed by atoms with Gasteiger partial charge in [-0.25, -0.2) is 4.79 Å². The highest BCUT2D eigenvalue weighted by atomic mass is 35.5. The molecule has 1 unspecified atom stereocenters. The summed E-state index contributed by atoms with van der Waals surface area (Å²) in [5.74, 6) is 1.17. The van der Waals surface area contributed by atoms with Crippen LogP contribution in [0.2, 0.25) is 10.0 Å². The first kappa shape index (κ1) is 27.6. The van der Waals surface area contributed by atoms with E-state index in [2.05, 4.69) is 10.3 Å². The van der Waals surface area contributed by atoms with Gasteiger partial charge in [0, 0.05) is 47.0 Å². The lowest BCUT2D eigenvalue weighted by atomic mass is 9.85. The number of carbonyl (C=O) groups is 1. The maximum atomic E-state index is 13.5. The maximum Gasteiger partial charge on any atom is 0.416 e. The Hall–Kier alpha value is -4.01. The van der Waals surface area contributed by atoms with Crippen molar-refractivity contribution in [2.75, 3.05) is 18.9 Å². The second-order valence-electron chi connectivity index (χ2n) is 9.50. The summed E-state index contributed by atoms with van der Waals surface area (Å²) in [4.78, 5) is 15.2. The zero-order valence-corrected chi connectivity index (χ0v) is 23.5. The Morgan fingerprint density at radius 3 is 2.48 bits per heavy atom. The van der Waals surface area contributed by atoms with Crippen LogP contribution in [-0.4, -0.2) is 39.1 Å². The predicted octanol–water partition coefficient (Wildman–Crippen LogP) is 7.06. The number of nitrogens with zero attached hydrogens (tertiary/aromatic N) is 4. The van der Waals surface area contributed by atoms with Crippen LogP contribution in [0.1, 0.15) is 36.9 Å². The van der Waals surface area contributed by atoms with Crippen molar-refractivity contribution in [2.45, 2.75) is 32.4 Å². The fourth-order valence-electron chi connectivity index (χ4n) is 4.90. The Bertz CT molecular complexity index is 1490. The Labute approximate surface area is 242 Å². The summed E-state index contributed by atoms with van der Waals surface area (Å²) in [6.07, 6.45) is 4.43. The van der Waals surface area contributed by atoms with Gasteiger partial charge < -0.3 is 15.2 Å². The molecule has 0 fully saturated rings. The van der Waals surface area contributed by atoms with Crippen molar-refractivity contribution >= 4 is 40.6 Å². The van der Waals surface area contributed by atoms with E-state index in [0.717, 1.165) is 41.0 Å². The molecule has 5 rings (SSSR count). The molecule has 1 aliphatic rings. The van der Waals surface area contributed by atoms with E-state index in [4.69, 9.17) is 38.4 Å². The average Bonchev–Trinajstić information content (AvgIpc) is 3.48. The third kappa shape index (κ3) is 6.41. The number of anilines is 1. The Balaban J connectivity index is 1.39. The quantitative estimate of drug-likeness (QED) is 0.178. The fraction of sp³-hybridized carbons (Fsp3) is 0.233. The highest BCUT2D eigenvalue weighted by Gasteiger charge is 2.34. The van der Waals surface area contributed by atoms with Crippen LogP contribution in [0.4, 0.5) is 10.5 Å². The molecular weight excluding hydrogens is 549 g/mol. The van der Waals surface area contributed by atoms with Crippen molar-refractivity contribution in [1.29, 1.82) is 0 Å². The number of amides is 1. The Kier molecular flexibility index (Phi) is 8.57. The molecule has 0 aliphatic carbocycles. The van der Waals surface area contributed by atoms with Crippen molar-refractivity contribution in [3.05, 3.63) is 106 Å². The number of hydrogen-bond acceptors (Lipinski definition) is 6. The van der Waals surface area contributed by atoms with E-state index in [1.54, 1.807) is 46.1 Å². The second-order valence-corrected chi connectivity index (χ2v) is 10.4. The zero-order valence-electron chi connectivity index (χ0n) is 22.0. The lowest BCUT2D eigenvalue weighted by Crippen LogP contribution is -2.41. The minimum Gasteiger partial charge on any atom is -0.494 e. The summed E-state index contributed by atoms with van der Waals surface area (Å²) in [5, 5.41) is 8.95. The van der Waals surface area contributed by atoms with Gasteiger partial charge in [-0.2, -0.15) is 0 Å². The minimum atomic E-state index is -0.446. The molecule has 0 bridgehead atoms. The normalized spacial score (nSPS) is 15.3. The molecule has 206 valence electrons. The molecule has 1 aromatic heterocycles. The minimum absolute atomic E-state index is 0.372. The number of hydrogen-bond donors (Lipinski definition) is 1. The van der Waals surface area contributed by atoms with Gasteiger partial charge in [0.1, 0.15) is 11.5 Å². The van der Waals surface area contributed by atoms with Gasteiger partial charge >= 0.3 is 6.09 Å². The van der Waals surface area contributed by atoms with Gasteiger partial charge in [0.05, 0.1) is 18.8 Å². The number of aromatic nitrogens is 3. The molecule has 1 amide bonds. The summed E-state index contributed by atoms with van der Waals surface area (Å²) in [7, 11) is 0. The average molecular weight is 579 g/mol. The first-order valence-corrected chi connectivity index (χ1v) is 13.7. The number of carbonyl (C=O) groups excluding carboxylic acids is 1. The zero-order chi connectivity index (χ0) is 28.1. The van der Waals surface area contributed by atoms with Crippen molar-refractivity contribution in [1.82, 2.24) is 19.9 Å². The van der Waals surface area contributed by atoms with Gasteiger partial charge in [0.15, 0.2) is 0 Å².